The maximum Gasteiger partial charge on any atom is 0.160 e. The number of pyridine rings is 1. The fourth-order valence-corrected chi connectivity index (χ4v) is 5.88. The van der Waals surface area contributed by atoms with Gasteiger partial charge in [0.05, 0.1) is 11.4 Å². The average molecular weight is 510 g/mol. The second kappa shape index (κ2) is 9.11. The van der Waals surface area contributed by atoms with E-state index in [1.807, 2.05) is 30.5 Å². The highest BCUT2D eigenvalue weighted by atomic mass is 14.9. The van der Waals surface area contributed by atoms with Gasteiger partial charge in [-0.25, -0.2) is 9.97 Å². The SMILES string of the molecule is c1ccc(-c2nc(-c3ccccc3-c3cccnc3)cc(-c3ccc4ccc5cccc6ccc3c4c56)n2)cc1. The Morgan fingerprint density at radius 3 is 1.85 bits per heavy atom. The Balaban J connectivity index is 1.42. The van der Waals surface area contributed by atoms with Crippen LogP contribution in [0.25, 0.3) is 77.3 Å². The van der Waals surface area contributed by atoms with Crippen molar-refractivity contribution in [2.75, 3.05) is 0 Å². The van der Waals surface area contributed by atoms with Gasteiger partial charge in [0.2, 0.25) is 0 Å². The predicted molar refractivity (Wildman–Crippen MR) is 165 cm³/mol. The Morgan fingerprint density at radius 2 is 1.07 bits per heavy atom. The molecule has 3 nitrogen and oxygen atoms in total. The first-order chi connectivity index (χ1) is 19.8. The van der Waals surface area contributed by atoms with Crippen LogP contribution >= 0.6 is 0 Å². The summed E-state index contributed by atoms with van der Waals surface area (Å²) in [7, 11) is 0. The molecule has 0 bridgehead atoms. The molecule has 186 valence electrons. The van der Waals surface area contributed by atoms with Crippen molar-refractivity contribution in [1.29, 1.82) is 0 Å². The van der Waals surface area contributed by atoms with Crippen molar-refractivity contribution in [3.05, 3.63) is 140 Å². The molecule has 8 rings (SSSR count). The van der Waals surface area contributed by atoms with E-state index in [-0.39, 0.29) is 0 Å². The zero-order valence-corrected chi connectivity index (χ0v) is 21.6. The summed E-state index contributed by atoms with van der Waals surface area (Å²) >= 11 is 0. The highest BCUT2D eigenvalue weighted by molar-refractivity contribution is 6.25. The Morgan fingerprint density at radius 1 is 0.425 bits per heavy atom. The van der Waals surface area contributed by atoms with Crippen molar-refractivity contribution >= 4 is 32.3 Å². The smallest absolute Gasteiger partial charge is 0.160 e. The highest BCUT2D eigenvalue weighted by Crippen LogP contribution is 2.40. The third-order valence-corrected chi connectivity index (χ3v) is 7.74. The van der Waals surface area contributed by atoms with E-state index in [0.717, 1.165) is 39.2 Å². The van der Waals surface area contributed by atoms with E-state index in [1.54, 1.807) is 6.20 Å². The van der Waals surface area contributed by atoms with Gasteiger partial charge >= 0.3 is 0 Å². The Hall–Kier alpha value is -5.41. The maximum atomic E-state index is 5.16. The molecule has 0 fully saturated rings. The van der Waals surface area contributed by atoms with Gasteiger partial charge in [-0.2, -0.15) is 0 Å². The molecule has 0 aliphatic carbocycles. The highest BCUT2D eigenvalue weighted by Gasteiger charge is 2.17. The van der Waals surface area contributed by atoms with Crippen molar-refractivity contribution < 1.29 is 0 Å². The fraction of sp³-hybridized carbons (Fsp3) is 0. The normalized spacial score (nSPS) is 11.5. The molecule has 2 heterocycles. The lowest BCUT2D eigenvalue weighted by Crippen LogP contribution is -1.97. The van der Waals surface area contributed by atoms with Gasteiger partial charge in [-0.15, -0.1) is 0 Å². The lowest BCUT2D eigenvalue weighted by atomic mass is 9.90. The fourth-order valence-electron chi connectivity index (χ4n) is 5.88. The van der Waals surface area contributed by atoms with Crippen LogP contribution in [-0.4, -0.2) is 15.0 Å². The molecule has 0 saturated heterocycles. The van der Waals surface area contributed by atoms with Crippen LogP contribution in [0.1, 0.15) is 0 Å². The van der Waals surface area contributed by atoms with Crippen molar-refractivity contribution in [2.24, 2.45) is 0 Å². The average Bonchev–Trinajstić information content (AvgIpc) is 3.04. The summed E-state index contributed by atoms with van der Waals surface area (Å²) in [5.74, 6) is 0.708. The molecule has 0 N–H and O–H groups in total. The number of hydrogen-bond donors (Lipinski definition) is 0. The minimum atomic E-state index is 0.708. The van der Waals surface area contributed by atoms with Crippen LogP contribution in [0.4, 0.5) is 0 Å². The predicted octanol–water partition coefficient (Wildman–Crippen LogP) is 9.44. The summed E-state index contributed by atoms with van der Waals surface area (Å²) in [6.45, 7) is 0. The summed E-state index contributed by atoms with van der Waals surface area (Å²) in [6, 6.07) is 44.7. The van der Waals surface area contributed by atoms with Crippen LogP contribution in [0, 0.1) is 0 Å². The summed E-state index contributed by atoms with van der Waals surface area (Å²) < 4.78 is 0. The van der Waals surface area contributed by atoms with Crippen molar-refractivity contribution in [3.63, 3.8) is 0 Å². The Labute approximate surface area is 231 Å². The molecule has 2 aromatic heterocycles. The van der Waals surface area contributed by atoms with E-state index in [1.165, 1.54) is 32.3 Å². The molecule has 0 aliphatic heterocycles. The van der Waals surface area contributed by atoms with Crippen LogP contribution in [-0.2, 0) is 0 Å². The second-order valence-electron chi connectivity index (χ2n) is 10.1. The first-order valence-electron chi connectivity index (χ1n) is 13.4. The molecule has 0 unspecified atom stereocenters. The molecule has 0 radical (unpaired) electrons. The molecule has 0 spiro atoms. The second-order valence-corrected chi connectivity index (χ2v) is 10.1. The molecule has 0 amide bonds. The minimum absolute atomic E-state index is 0.708. The van der Waals surface area contributed by atoms with E-state index in [9.17, 15) is 0 Å². The lowest BCUT2D eigenvalue weighted by molar-refractivity contribution is 1.18. The number of nitrogens with zero attached hydrogens (tertiary/aromatic N) is 3. The lowest BCUT2D eigenvalue weighted by Gasteiger charge is -2.16. The van der Waals surface area contributed by atoms with E-state index >= 15 is 0 Å². The topological polar surface area (TPSA) is 38.7 Å². The van der Waals surface area contributed by atoms with Gasteiger partial charge in [0.25, 0.3) is 0 Å². The molecular weight excluding hydrogens is 486 g/mol. The molecule has 8 aromatic rings. The molecule has 0 saturated carbocycles. The molecule has 0 aliphatic rings. The minimum Gasteiger partial charge on any atom is -0.264 e. The van der Waals surface area contributed by atoms with E-state index < -0.39 is 0 Å². The first kappa shape index (κ1) is 22.6. The number of benzene rings is 6. The van der Waals surface area contributed by atoms with Crippen LogP contribution in [0.15, 0.2) is 140 Å². The Bertz CT molecular complexity index is 2140. The Kier molecular flexibility index (Phi) is 5.14. The van der Waals surface area contributed by atoms with Gasteiger partial charge in [0.1, 0.15) is 0 Å². The van der Waals surface area contributed by atoms with Gasteiger partial charge in [0, 0.05) is 34.6 Å². The third-order valence-electron chi connectivity index (χ3n) is 7.74. The van der Waals surface area contributed by atoms with Crippen molar-refractivity contribution in [2.45, 2.75) is 0 Å². The van der Waals surface area contributed by atoms with Crippen LogP contribution < -0.4 is 0 Å². The van der Waals surface area contributed by atoms with Crippen molar-refractivity contribution in [1.82, 2.24) is 15.0 Å². The van der Waals surface area contributed by atoms with Crippen LogP contribution in [0.2, 0.25) is 0 Å². The van der Waals surface area contributed by atoms with Gasteiger partial charge in [-0.3, -0.25) is 4.98 Å². The van der Waals surface area contributed by atoms with Crippen LogP contribution in [0.5, 0.6) is 0 Å². The molecule has 3 heteroatoms. The van der Waals surface area contributed by atoms with E-state index in [2.05, 4.69) is 108 Å². The molecule has 6 aromatic carbocycles. The van der Waals surface area contributed by atoms with Gasteiger partial charge in [0.15, 0.2) is 5.82 Å². The number of rotatable bonds is 4. The van der Waals surface area contributed by atoms with Gasteiger partial charge in [-0.1, -0.05) is 115 Å². The standard InChI is InChI=1S/C37H23N3/c1-2-8-27(9-3-1)37-39-33(30-14-5-4-13-29(30)28-12-7-21-38-23-28)22-34(40-37)31-19-17-26-16-15-24-10-6-11-25-18-20-32(31)36(26)35(24)25/h1-23H. The summed E-state index contributed by atoms with van der Waals surface area (Å²) in [6.07, 6.45) is 3.70. The molecule has 0 atom stereocenters. The molecular formula is C37H23N3. The van der Waals surface area contributed by atoms with Gasteiger partial charge in [-0.05, 0) is 50.0 Å². The zero-order valence-electron chi connectivity index (χ0n) is 21.6. The summed E-state index contributed by atoms with van der Waals surface area (Å²) in [4.78, 5) is 14.6. The van der Waals surface area contributed by atoms with Crippen molar-refractivity contribution in [3.8, 4) is 45.0 Å². The zero-order chi connectivity index (χ0) is 26.5. The van der Waals surface area contributed by atoms with E-state index in [4.69, 9.17) is 9.97 Å². The number of hydrogen-bond acceptors (Lipinski definition) is 3. The third kappa shape index (κ3) is 3.63. The summed E-state index contributed by atoms with van der Waals surface area (Å²) in [5, 5.41) is 7.54. The van der Waals surface area contributed by atoms with Crippen LogP contribution in [0.3, 0.4) is 0 Å². The largest absolute Gasteiger partial charge is 0.264 e. The monoisotopic (exact) mass is 509 g/mol. The quantitative estimate of drug-likeness (QED) is 0.222. The first-order valence-corrected chi connectivity index (χ1v) is 13.4. The van der Waals surface area contributed by atoms with Gasteiger partial charge < -0.3 is 0 Å². The van der Waals surface area contributed by atoms with E-state index in [0.29, 0.717) is 5.82 Å². The maximum absolute atomic E-state index is 5.16. The molecule has 40 heavy (non-hydrogen) atoms. The number of aromatic nitrogens is 3. The summed E-state index contributed by atoms with van der Waals surface area (Å²) in [5.41, 5.74) is 7.08.